The summed E-state index contributed by atoms with van der Waals surface area (Å²) in [6.45, 7) is 3.38. The highest BCUT2D eigenvalue weighted by atomic mass is 16.6. The van der Waals surface area contributed by atoms with E-state index >= 15 is 0 Å². The molecule has 2 aliphatic heterocycles. The van der Waals surface area contributed by atoms with Crippen molar-refractivity contribution in [2.75, 3.05) is 37.4 Å². The number of imide groups is 1. The fourth-order valence-corrected chi connectivity index (χ4v) is 6.14. The molecule has 23 heteroatoms. The van der Waals surface area contributed by atoms with Crippen LogP contribution in [0.4, 0.5) is 16.3 Å². The second kappa shape index (κ2) is 19.9. The van der Waals surface area contributed by atoms with Crippen molar-refractivity contribution in [1.82, 2.24) is 45.7 Å². The largest absolute Gasteiger partial charge is 0.445 e. The summed E-state index contributed by atoms with van der Waals surface area (Å²) in [6, 6.07) is 2.99. The molecule has 7 amide bonds. The van der Waals surface area contributed by atoms with Crippen LogP contribution in [0.25, 0.3) is 11.2 Å². The number of carbonyl (C=O) groups excluding carboxylic acids is 7. The lowest BCUT2D eigenvalue weighted by atomic mass is 9.95. The lowest BCUT2D eigenvalue weighted by Crippen LogP contribution is -2.66. The molecule has 322 valence electrons. The normalized spacial score (nSPS) is 21.0. The van der Waals surface area contributed by atoms with Gasteiger partial charge in [0.05, 0.1) is 19.0 Å². The van der Waals surface area contributed by atoms with Crippen LogP contribution in [-0.4, -0.2) is 156 Å². The van der Waals surface area contributed by atoms with Gasteiger partial charge in [0.1, 0.15) is 55.4 Å². The van der Waals surface area contributed by atoms with Gasteiger partial charge in [-0.1, -0.05) is 26.0 Å². The van der Waals surface area contributed by atoms with Gasteiger partial charge in [-0.2, -0.15) is 0 Å². The van der Waals surface area contributed by atoms with Gasteiger partial charge in [-0.05, 0) is 30.5 Å². The topological polar surface area (TPSA) is 320 Å². The summed E-state index contributed by atoms with van der Waals surface area (Å²) in [5, 5.41) is 44.8. The standard InChI is InChI=1S/C37H47N11O12/c1-18(2)27(44-23(50)11-12-48-25(52)9-10-26(48)53)35(57)42-19(3)34(56)43-21-7-5-20(6-8-21)15-59-37(58)47(4)13-24(51)45-28-22(14-49)60-36(31(55)30(28)54)46-33-29-32(39-16-38-29)40-17-41-33/h5-10,16-19,22,27-28,30-31,36,49,54-55H,11-15H2,1-4H3,(H,42,57)(H,43,56)(H,44,50)(H,45,51)(H2,38,39,40,41,46)/t19-,22-,27-,28-,30+,31-,36-/m0/s1. The number of fused-ring (bicyclic) bond motifs is 1. The summed E-state index contributed by atoms with van der Waals surface area (Å²) >= 11 is 0. The molecule has 3 aromatic rings. The lowest BCUT2D eigenvalue weighted by Gasteiger charge is -2.42. The Morgan fingerprint density at radius 3 is 2.32 bits per heavy atom. The number of likely N-dealkylation sites (N-methyl/N-ethyl adjacent to an activating group) is 1. The number of benzene rings is 1. The molecule has 7 atom stereocenters. The predicted octanol–water partition coefficient (Wildman–Crippen LogP) is -2.14. The molecule has 0 spiro atoms. The Kier molecular flexibility index (Phi) is 14.8. The Morgan fingerprint density at radius 2 is 1.65 bits per heavy atom. The van der Waals surface area contributed by atoms with Gasteiger partial charge in [0.2, 0.25) is 23.6 Å². The molecule has 0 aliphatic carbocycles. The first kappa shape index (κ1) is 44.5. The summed E-state index contributed by atoms with van der Waals surface area (Å²) < 4.78 is 11.1. The second-order valence-corrected chi connectivity index (χ2v) is 14.3. The quantitative estimate of drug-likeness (QED) is 0.0655. The predicted molar refractivity (Wildman–Crippen MR) is 208 cm³/mol. The number of aromatic nitrogens is 4. The third kappa shape index (κ3) is 11.1. The molecule has 5 rings (SSSR count). The number of nitrogens with one attached hydrogen (secondary N) is 6. The van der Waals surface area contributed by atoms with E-state index in [0.717, 1.165) is 22.0 Å². The van der Waals surface area contributed by atoms with Gasteiger partial charge in [-0.15, -0.1) is 0 Å². The molecule has 1 aromatic carbocycles. The number of ether oxygens (including phenoxy) is 2. The van der Waals surface area contributed by atoms with E-state index in [1.54, 1.807) is 38.1 Å². The number of aromatic amines is 1. The van der Waals surface area contributed by atoms with Gasteiger partial charge in [0, 0.05) is 37.9 Å². The zero-order valence-electron chi connectivity index (χ0n) is 33.0. The molecule has 2 aromatic heterocycles. The van der Waals surface area contributed by atoms with Crippen LogP contribution in [0.15, 0.2) is 49.1 Å². The Labute approximate surface area is 342 Å². The van der Waals surface area contributed by atoms with Crippen molar-refractivity contribution in [3.05, 3.63) is 54.6 Å². The maximum atomic E-state index is 13.0. The highest BCUT2D eigenvalue weighted by Crippen LogP contribution is 2.24. The van der Waals surface area contributed by atoms with Crippen LogP contribution in [0.1, 0.15) is 32.8 Å². The average Bonchev–Trinajstić information content (AvgIpc) is 3.83. The number of hydrogen-bond donors (Lipinski definition) is 9. The van der Waals surface area contributed by atoms with Crippen LogP contribution in [0.5, 0.6) is 0 Å². The molecule has 60 heavy (non-hydrogen) atoms. The van der Waals surface area contributed by atoms with Gasteiger partial charge < -0.3 is 61.3 Å². The van der Waals surface area contributed by atoms with Crippen molar-refractivity contribution in [2.24, 2.45) is 5.92 Å². The molecule has 9 N–H and O–H groups in total. The maximum Gasteiger partial charge on any atom is 0.410 e. The van der Waals surface area contributed by atoms with E-state index in [4.69, 9.17) is 9.47 Å². The monoisotopic (exact) mass is 837 g/mol. The first-order chi connectivity index (χ1) is 28.6. The zero-order chi connectivity index (χ0) is 43.7. The Hall–Kier alpha value is -6.56. The molecule has 0 radical (unpaired) electrons. The zero-order valence-corrected chi connectivity index (χ0v) is 33.0. The molecule has 23 nitrogen and oxygen atoms in total. The fraction of sp³-hybridized carbons (Fsp3) is 0.459. The van der Waals surface area contributed by atoms with E-state index in [2.05, 4.69) is 46.5 Å². The molecule has 4 heterocycles. The van der Waals surface area contributed by atoms with Crippen LogP contribution >= 0.6 is 0 Å². The number of hydrogen-bond acceptors (Lipinski definition) is 16. The highest BCUT2D eigenvalue weighted by Gasteiger charge is 2.45. The van der Waals surface area contributed by atoms with E-state index in [1.807, 2.05) is 0 Å². The van der Waals surface area contributed by atoms with E-state index in [1.165, 1.54) is 26.6 Å². The number of carbonyl (C=O) groups is 7. The summed E-state index contributed by atoms with van der Waals surface area (Å²) in [7, 11) is 1.31. The van der Waals surface area contributed by atoms with Gasteiger partial charge >= 0.3 is 6.09 Å². The minimum atomic E-state index is -1.60. The van der Waals surface area contributed by atoms with E-state index < -0.39 is 97.4 Å². The Balaban J connectivity index is 1.03. The Morgan fingerprint density at radius 1 is 0.950 bits per heavy atom. The van der Waals surface area contributed by atoms with Gasteiger partial charge in [-0.3, -0.25) is 33.7 Å². The number of anilines is 2. The molecular weight excluding hydrogens is 790 g/mol. The van der Waals surface area contributed by atoms with Crippen LogP contribution < -0.4 is 26.6 Å². The van der Waals surface area contributed by atoms with Crippen molar-refractivity contribution in [3.8, 4) is 0 Å². The van der Waals surface area contributed by atoms with Crippen LogP contribution in [0.3, 0.4) is 0 Å². The SMILES string of the molecule is CC(C)[C@H](NC(=O)CCN1C(=O)C=CC1=O)C(=O)N[C@@H](C)C(=O)Nc1ccc(COC(=O)N(C)CC(=O)N[C@@H]2[C@@H](O)[C@H](O)[C@@H](Nc3ncnc4nc[nH]c34)O[C@H]2CO)cc1. The number of nitrogens with zero attached hydrogens (tertiary/aromatic N) is 5. The molecule has 0 bridgehead atoms. The van der Waals surface area contributed by atoms with Crippen LogP contribution in [-0.2, 0) is 44.8 Å². The highest BCUT2D eigenvalue weighted by molar-refractivity contribution is 6.13. The van der Waals surface area contributed by atoms with E-state index in [0.29, 0.717) is 22.4 Å². The molecule has 1 saturated heterocycles. The number of aliphatic hydroxyl groups excluding tert-OH is 3. The third-order valence-electron chi connectivity index (χ3n) is 9.52. The van der Waals surface area contributed by atoms with Crippen LogP contribution in [0.2, 0.25) is 0 Å². The van der Waals surface area contributed by atoms with Crippen molar-refractivity contribution in [1.29, 1.82) is 0 Å². The van der Waals surface area contributed by atoms with Crippen molar-refractivity contribution >= 4 is 64.2 Å². The first-order valence-corrected chi connectivity index (χ1v) is 18.8. The number of H-pyrrole nitrogens is 1. The first-order valence-electron chi connectivity index (χ1n) is 18.8. The number of rotatable bonds is 17. The number of amides is 7. The molecule has 0 saturated carbocycles. The summed E-state index contributed by atoms with van der Waals surface area (Å²) in [5.74, 6) is -3.65. The van der Waals surface area contributed by atoms with Crippen molar-refractivity contribution in [2.45, 2.75) is 76.5 Å². The summed E-state index contributed by atoms with van der Waals surface area (Å²) in [6.07, 6.45) is -1.80. The number of aliphatic hydroxyl groups is 3. The van der Waals surface area contributed by atoms with E-state index in [-0.39, 0.29) is 31.3 Å². The fourth-order valence-electron chi connectivity index (χ4n) is 6.14. The van der Waals surface area contributed by atoms with Gasteiger partial charge in [0.25, 0.3) is 11.8 Å². The molecular formula is C37H47N11O12. The van der Waals surface area contributed by atoms with Crippen molar-refractivity contribution in [3.63, 3.8) is 0 Å². The summed E-state index contributed by atoms with van der Waals surface area (Å²) in [5.41, 5.74) is 1.66. The minimum Gasteiger partial charge on any atom is -0.445 e. The summed E-state index contributed by atoms with van der Waals surface area (Å²) in [4.78, 5) is 104. The molecule has 1 fully saturated rings. The minimum absolute atomic E-state index is 0.146. The molecule has 0 unspecified atom stereocenters. The van der Waals surface area contributed by atoms with Gasteiger partial charge in [-0.25, -0.2) is 19.7 Å². The van der Waals surface area contributed by atoms with Crippen molar-refractivity contribution < 1.29 is 58.4 Å². The van der Waals surface area contributed by atoms with E-state index in [9.17, 15) is 48.9 Å². The number of imidazole rings is 1. The van der Waals surface area contributed by atoms with Gasteiger partial charge in [0.15, 0.2) is 17.7 Å². The maximum absolute atomic E-state index is 13.0. The Bertz CT molecular complexity index is 2070. The average molecular weight is 838 g/mol. The second-order valence-electron chi connectivity index (χ2n) is 14.3. The third-order valence-corrected chi connectivity index (χ3v) is 9.52. The smallest absolute Gasteiger partial charge is 0.410 e. The molecule has 2 aliphatic rings. The lowest BCUT2D eigenvalue weighted by molar-refractivity contribution is -0.185. The van der Waals surface area contributed by atoms with Crippen LogP contribution in [0, 0.1) is 5.92 Å².